The van der Waals surface area contributed by atoms with Crippen LogP contribution in [0.1, 0.15) is 16.1 Å². The van der Waals surface area contributed by atoms with Crippen molar-refractivity contribution in [2.45, 2.75) is 6.18 Å². The van der Waals surface area contributed by atoms with Gasteiger partial charge in [0, 0.05) is 6.07 Å². The van der Waals surface area contributed by atoms with Gasteiger partial charge >= 0.3 is 12.1 Å². The molecule has 0 unspecified atom stereocenters. The highest BCUT2D eigenvalue weighted by atomic mass is 19.4. The first-order valence-electron chi connectivity index (χ1n) is 4.07. The highest BCUT2D eigenvalue weighted by molar-refractivity contribution is 5.96. The molecule has 1 aromatic rings. The number of hydrogen-bond acceptors (Lipinski definition) is 5. The summed E-state index contributed by atoms with van der Waals surface area (Å²) in [4.78, 5) is 33.7. The summed E-state index contributed by atoms with van der Waals surface area (Å²) in [6.45, 7) is 0. The fraction of sp³-hybridized carbons (Fsp3) is 0.250. The Balaban J connectivity index is 3.67. The molecule has 1 N–H and O–H groups in total. The number of esters is 1. The van der Waals surface area contributed by atoms with Gasteiger partial charge in [-0.3, -0.25) is 4.79 Å². The predicted octanol–water partition coefficient (Wildman–Crippen LogP) is 1.58. The van der Waals surface area contributed by atoms with E-state index in [0.29, 0.717) is 6.07 Å². The fourth-order valence-electron chi connectivity index (χ4n) is 1.14. The molecule has 0 bridgehead atoms. The number of rotatable bonds is 2. The van der Waals surface area contributed by atoms with Gasteiger partial charge in [-0.25, -0.2) is 4.79 Å². The van der Waals surface area contributed by atoms with E-state index in [4.69, 9.17) is 0 Å². The van der Waals surface area contributed by atoms with E-state index in [9.17, 15) is 27.7 Å². The Morgan fingerprint density at radius 3 is 2.47 bits per heavy atom. The molecule has 0 aliphatic carbocycles. The highest BCUT2D eigenvalue weighted by Gasteiger charge is 2.39. The summed E-state index contributed by atoms with van der Waals surface area (Å²) in [7, 11) is 0.835. The lowest BCUT2D eigenvalue weighted by molar-refractivity contribution is -0.141. The van der Waals surface area contributed by atoms with Crippen molar-refractivity contribution in [2.75, 3.05) is 7.11 Å². The number of H-pyrrole nitrogens is 1. The second-order valence-corrected chi connectivity index (χ2v) is 2.85. The van der Waals surface area contributed by atoms with Crippen molar-refractivity contribution in [3.8, 4) is 0 Å². The average molecular weight is 250 g/mol. The zero-order valence-corrected chi connectivity index (χ0v) is 8.29. The second-order valence-electron chi connectivity index (χ2n) is 2.85. The molecule has 6 nitrogen and oxygen atoms in total. The molecule has 0 aliphatic heterocycles. The monoisotopic (exact) mass is 250 g/mol. The largest absolute Gasteiger partial charge is 0.465 e. The quantitative estimate of drug-likeness (QED) is 0.637. The number of alkyl halides is 3. The van der Waals surface area contributed by atoms with Gasteiger partial charge in [0.05, 0.1) is 7.11 Å². The zero-order valence-electron chi connectivity index (χ0n) is 8.29. The minimum atomic E-state index is -5.01. The molecule has 0 radical (unpaired) electrons. The van der Waals surface area contributed by atoms with Crippen molar-refractivity contribution in [3.63, 3.8) is 0 Å². The number of nitrogens with zero attached hydrogens (tertiary/aromatic N) is 1. The predicted molar refractivity (Wildman–Crippen MR) is 48.9 cm³/mol. The molecule has 1 heterocycles. The highest BCUT2D eigenvalue weighted by Crippen LogP contribution is 2.33. The van der Waals surface area contributed by atoms with E-state index < -0.39 is 34.6 Å². The minimum absolute atomic E-state index is 0.481. The Bertz CT molecular complexity index is 520. The van der Waals surface area contributed by atoms with Crippen molar-refractivity contribution in [1.82, 2.24) is 4.98 Å². The number of nitrogens with one attached hydrogen (secondary N) is 1. The van der Waals surface area contributed by atoms with Gasteiger partial charge in [0.25, 0.3) is 5.56 Å². The molecule has 0 saturated carbocycles. The normalized spacial score (nSPS) is 11.1. The van der Waals surface area contributed by atoms with Crippen LogP contribution in [-0.2, 0) is 10.9 Å². The summed E-state index contributed by atoms with van der Waals surface area (Å²) < 4.78 is 41.7. The molecule has 92 valence electrons. The van der Waals surface area contributed by atoms with E-state index in [1.165, 1.54) is 4.98 Å². The van der Waals surface area contributed by atoms with Gasteiger partial charge < -0.3 is 9.72 Å². The number of methoxy groups -OCH3 is 1. The molecule has 0 amide bonds. The van der Waals surface area contributed by atoms with Gasteiger partial charge in [-0.05, 0) is 5.18 Å². The fourth-order valence-corrected chi connectivity index (χ4v) is 1.14. The molecular formula is C8H5F3N2O4. The van der Waals surface area contributed by atoms with Crippen LogP contribution in [0.4, 0.5) is 18.9 Å². The van der Waals surface area contributed by atoms with Crippen LogP contribution in [0.25, 0.3) is 0 Å². The number of aromatic amines is 1. The standard InChI is InChI=1S/C8H5F3N2O4/c1-17-7(15)5-3(13-16)2-4(14)12-6(5)8(9,10)11/h2H,1H3,(H,12,14). The number of aromatic nitrogens is 1. The molecule has 1 aromatic heterocycles. The van der Waals surface area contributed by atoms with Crippen LogP contribution in [-0.4, -0.2) is 18.1 Å². The number of carbonyl (C=O) groups excluding carboxylic acids is 1. The van der Waals surface area contributed by atoms with Gasteiger partial charge in [0.15, 0.2) is 0 Å². The summed E-state index contributed by atoms with van der Waals surface area (Å²) in [6, 6.07) is 0.481. The molecule has 0 aliphatic rings. The van der Waals surface area contributed by atoms with Gasteiger partial charge in [-0.15, -0.1) is 4.91 Å². The third-order valence-corrected chi connectivity index (χ3v) is 1.79. The molecule has 9 heteroatoms. The van der Waals surface area contributed by atoms with Crippen molar-refractivity contribution < 1.29 is 22.7 Å². The van der Waals surface area contributed by atoms with Crippen molar-refractivity contribution >= 4 is 11.7 Å². The molecule has 0 saturated heterocycles. The maximum Gasteiger partial charge on any atom is 0.432 e. The molecule has 0 atom stereocenters. The topological polar surface area (TPSA) is 88.6 Å². The lowest BCUT2D eigenvalue weighted by atomic mass is 10.1. The number of hydrogen-bond donors (Lipinski definition) is 1. The number of pyridine rings is 1. The Hall–Kier alpha value is -2.19. The van der Waals surface area contributed by atoms with Crippen molar-refractivity contribution in [1.29, 1.82) is 0 Å². The first-order valence-corrected chi connectivity index (χ1v) is 4.07. The second kappa shape index (κ2) is 4.36. The molecule has 0 spiro atoms. The Labute approximate surface area is 91.4 Å². The third kappa shape index (κ3) is 2.49. The summed E-state index contributed by atoms with van der Waals surface area (Å²) in [6.07, 6.45) is -5.01. The maximum absolute atomic E-state index is 12.5. The number of halogens is 3. The smallest absolute Gasteiger partial charge is 0.432 e. The van der Waals surface area contributed by atoms with E-state index >= 15 is 0 Å². The molecule has 0 fully saturated rings. The number of nitroso groups, excluding NO2 is 1. The maximum atomic E-state index is 12.5. The van der Waals surface area contributed by atoms with Gasteiger partial charge in [-0.2, -0.15) is 13.2 Å². The lowest BCUT2D eigenvalue weighted by Crippen LogP contribution is -2.22. The minimum Gasteiger partial charge on any atom is -0.465 e. The first-order chi connectivity index (χ1) is 7.81. The molecular weight excluding hydrogens is 245 g/mol. The van der Waals surface area contributed by atoms with Crippen LogP contribution in [0.15, 0.2) is 16.0 Å². The van der Waals surface area contributed by atoms with E-state index in [1.54, 1.807) is 0 Å². The summed E-state index contributed by atoms with van der Waals surface area (Å²) >= 11 is 0. The summed E-state index contributed by atoms with van der Waals surface area (Å²) in [5, 5.41) is 2.20. The number of ether oxygens (including phenoxy) is 1. The molecule has 0 aromatic carbocycles. The van der Waals surface area contributed by atoms with Crippen LogP contribution < -0.4 is 5.56 Å². The zero-order chi connectivity index (χ0) is 13.2. The van der Waals surface area contributed by atoms with E-state index in [0.717, 1.165) is 7.11 Å². The third-order valence-electron chi connectivity index (χ3n) is 1.79. The summed E-state index contributed by atoms with van der Waals surface area (Å²) in [5.41, 5.74) is -4.89. The van der Waals surface area contributed by atoms with Crippen LogP contribution in [0, 0.1) is 4.91 Å². The van der Waals surface area contributed by atoms with Gasteiger partial charge in [0.1, 0.15) is 16.9 Å². The van der Waals surface area contributed by atoms with Crippen LogP contribution in [0.3, 0.4) is 0 Å². The van der Waals surface area contributed by atoms with Crippen LogP contribution in [0.2, 0.25) is 0 Å². The SMILES string of the molecule is COC(=O)c1c(N=O)cc(=O)[nH]c1C(F)(F)F. The van der Waals surface area contributed by atoms with E-state index in [2.05, 4.69) is 9.91 Å². The Morgan fingerprint density at radius 1 is 1.47 bits per heavy atom. The van der Waals surface area contributed by atoms with E-state index in [1.807, 2.05) is 0 Å². The summed E-state index contributed by atoms with van der Waals surface area (Å²) in [5.74, 6) is -1.41. The molecule has 17 heavy (non-hydrogen) atoms. The Kier molecular flexibility index (Phi) is 3.30. The van der Waals surface area contributed by atoms with E-state index in [-0.39, 0.29) is 0 Å². The lowest BCUT2D eigenvalue weighted by Gasteiger charge is -2.11. The Morgan fingerprint density at radius 2 is 2.06 bits per heavy atom. The van der Waals surface area contributed by atoms with Crippen LogP contribution in [0.5, 0.6) is 0 Å². The average Bonchev–Trinajstić information content (AvgIpc) is 2.25. The van der Waals surface area contributed by atoms with Crippen LogP contribution >= 0.6 is 0 Å². The van der Waals surface area contributed by atoms with Gasteiger partial charge in [-0.1, -0.05) is 0 Å². The van der Waals surface area contributed by atoms with Crippen molar-refractivity contribution in [2.24, 2.45) is 5.18 Å². The molecule has 1 rings (SSSR count). The van der Waals surface area contributed by atoms with Gasteiger partial charge in [0.2, 0.25) is 0 Å². The van der Waals surface area contributed by atoms with Crippen molar-refractivity contribution in [3.05, 3.63) is 32.6 Å². The first kappa shape index (κ1) is 12.9. The number of carbonyl (C=O) groups is 1.